The summed E-state index contributed by atoms with van der Waals surface area (Å²) >= 11 is 0. The Morgan fingerprint density at radius 2 is 2.13 bits per heavy atom. The Morgan fingerprint density at radius 1 is 1.48 bits per heavy atom. The summed E-state index contributed by atoms with van der Waals surface area (Å²) in [5, 5.41) is 5.03. The van der Waals surface area contributed by atoms with Gasteiger partial charge in [-0.2, -0.15) is 0 Å². The molecular weight excluding hydrogens is 317 g/mol. The maximum Gasteiger partial charge on any atom is 0.465 e. The molecule has 1 heterocycles. The van der Waals surface area contributed by atoms with Crippen LogP contribution in [0.1, 0.15) is 46.5 Å². The molecule has 1 fully saturated rings. The molecule has 0 spiro atoms. The molecule has 0 saturated carbocycles. The van der Waals surface area contributed by atoms with Gasteiger partial charge in [-0.15, -0.1) is 0 Å². The fourth-order valence-electron chi connectivity index (χ4n) is 2.48. The van der Waals surface area contributed by atoms with Crippen LogP contribution in [-0.2, 0) is 14.2 Å². The van der Waals surface area contributed by atoms with Crippen LogP contribution in [0.15, 0.2) is 0 Å². The Balaban J connectivity index is 2.82. The molecule has 1 aliphatic heterocycles. The number of piperidine rings is 1. The van der Waals surface area contributed by atoms with Crippen molar-refractivity contribution in [2.24, 2.45) is 17.5 Å². The van der Waals surface area contributed by atoms with Crippen molar-refractivity contribution < 1.29 is 14.2 Å². The van der Waals surface area contributed by atoms with E-state index in [1.165, 1.54) is 0 Å². The van der Waals surface area contributed by atoms with Gasteiger partial charge in [0.1, 0.15) is 6.04 Å². The minimum atomic E-state index is -2.32. The SMILES string of the molecule is CCCNC(=O)C(CC(C)C)N[P+](=O)[C@@]1(N)CCCN(N)C1=O. The zero-order valence-corrected chi connectivity index (χ0v) is 15.1. The van der Waals surface area contributed by atoms with Gasteiger partial charge in [0.05, 0.1) is 0 Å². The van der Waals surface area contributed by atoms with E-state index in [0.717, 1.165) is 11.4 Å². The number of hydrogen-bond donors (Lipinski definition) is 4. The number of hydrazine groups is 1. The maximum atomic E-state index is 12.7. The predicted octanol–water partition coefficient (Wildman–Crippen LogP) is 0.410. The Bertz CT molecular complexity index is 460. The van der Waals surface area contributed by atoms with Gasteiger partial charge in [0, 0.05) is 19.5 Å². The second kappa shape index (κ2) is 8.68. The van der Waals surface area contributed by atoms with Crippen LogP contribution in [0, 0.1) is 5.92 Å². The van der Waals surface area contributed by atoms with Crippen molar-refractivity contribution in [3.05, 3.63) is 0 Å². The van der Waals surface area contributed by atoms with Crippen molar-refractivity contribution in [2.75, 3.05) is 13.1 Å². The van der Waals surface area contributed by atoms with Gasteiger partial charge >= 0.3 is 19.1 Å². The average Bonchev–Trinajstić information content (AvgIpc) is 2.48. The van der Waals surface area contributed by atoms with Gasteiger partial charge in [-0.3, -0.25) is 20.3 Å². The third-order valence-corrected chi connectivity index (χ3v) is 5.48. The minimum absolute atomic E-state index is 0.222. The van der Waals surface area contributed by atoms with E-state index in [-0.39, 0.29) is 18.2 Å². The molecule has 0 bridgehead atoms. The molecule has 0 aromatic carbocycles. The molecule has 2 amide bonds. The van der Waals surface area contributed by atoms with E-state index in [1.54, 1.807) is 0 Å². The van der Waals surface area contributed by atoms with E-state index in [9.17, 15) is 14.2 Å². The van der Waals surface area contributed by atoms with Crippen LogP contribution in [0.2, 0.25) is 0 Å². The average molecular weight is 346 g/mol. The molecule has 23 heavy (non-hydrogen) atoms. The van der Waals surface area contributed by atoms with Gasteiger partial charge in [-0.1, -0.05) is 25.9 Å². The summed E-state index contributed by atoms with van der Waals surface area (Å²) < 4.78 is 12.7. The van der Waals surface area contributed by atoms with Gasteiger partial charge in [-0.25, -0.2) is 5.84 Å². The summed E-state index contributed by atoms with van der Waals surface area (Å²) in [7, 11) is -2.32. The standard InChI is InChI=1S/C14H28N5O3P/c1-4-7-17-12(20)11(9-10(2)3)18-23(22)14(15)6-5-8-19(16)13(14)21/h10-11H,4-9,15-16H2,1-3H3,(H-,17,18,20,22)/p+1/t11?,14-/m0/s1. The summed E-state index contributed by atoms with van der Waals surface area (Å²) in [6.45, 7) is 6.85. The summed E-state index contributed by atoms with van der Waals surface area (Å²) in [5.74, 6) is 5.06. The molecule has 0 aromatic rings. The van der Waals surface area contributed by atoms with Crippen LogP contribution in [0.3, 0.4) is 0 Å². The number of nitrogens with two attached hydrogens (primary N) is 2. The lowest BCUT2D eigenvalue weighted by molar-refractivity contribution is -0.137. The van der Waals surface area contributed by atoms with Crippen LogP contribution >= 0.6 is 7.95 Å². The van der Waals surface area contributed by atoms with E-state index in [2.05, 4.69) is 10.4 Å². The summed E-state index contributed by atoms with van der Waals surface area (Å²) in [6, 6.07) is -0.647. The largest absolute Gasteiger partial charge is 0.465 e. The van der Waals surface area contributed by atoms with E-state index in [0.29, 0.717) is 25.9 Å². The van der Waals surface area contributed by atoms with Crippen molar-refractivity contribution >= 4 is 19.8 Å². The Hall–Kier alpha value is -1.08. The van der Waals surface area contributed by atoms with Gasteiger partial charge in [0.2, 0.25) is 5.91 Å². The lowest BCUT2D eigenvalue weighted by Gasteiger charge is -2.29. The van der Waals surface area contributed by atoms with Crippen molar-refractivity contribution in [2.45, 2.75) is 57.8 Å². The quantitative estimate of drug-likeness (QED) is 0.286. The van der Waals surface area contributed by atoms with Crippen LogP contribution in [0.5, 0.6) is 0 Å². The van der Waals surface area contributed by atoms with Crippen molar-refractivity contribution in [3.8, 4) is 0 Å². The van der Waals surface area contributed by atoms with Gasteiger partial charge < -0.3 is 5.32 Å². The van der Waals surface area contributed by atoms with E-state index >= 15 is 0 Å². The molecule has 2 unspecified atom stereocenters. The number of rotatable bonds is 8. The third-order valence-electron chi connectivity index (χ3n) is 3.80. The smallest absolute Gasteiger partial charge is 0.355 e. The molecule has 132 valence electrons. The number of nitrogens with zero attached hydrogens (tertiary/aromatic N) is 1. The lowest BCUT2D eigenvalue weighted by Crippen LogP contribution is -2.60. The molecule has 6 N–H and O–H groups in total. The topological polar surface area (TPSA) is 131 Å². The highest BCUT2D eigenvalue weighted by molar-refractivity contribution is 7.45. The summed E-state index contributed by atoms with van der Waals surface area (Å²) in [4.78, 5) is 24.4. The first-order valence-electron chi connectivity index (χ1n) is 8.09. The summed E-state index contributed by atoms with van der Waals surface area (Å²) in [5.41, 5.74) is 6.07. The molecule has 1 aliphatic rings. The third kappa shape index (κ3) is 5.21. The molecule has 0 aromatic heterocycles. The highest BCUT2D eigenvalue weighted by atomic mass is 31.1. The van der Waals surface area contributed by atoms with Crippen LogP contribution in [0.25, 0.3) is 0 Å². The fraction of sp³-hybridized carbons (Fsp3) is 0.857. The molecule has 1 saturated heterocycles. The van der Waals surface area contributed by atoms with Crippen molar-refractivity contribution in [3.63, 3.8) is 0 Å². The Labute approximate surface area is 138 Å². The highest BCUT2D eigenvalue weighted by Crippen LogP contribution is 2.39. The van der Waals surface area contributed by atoms with Crippen LogP contribution in [0.4, 0.5) is 0 Å². The molecule has 0 radical (unpaired) electrons. The maximum absolute atomic E-state index is 12.7. The van der Waals surface area contributed by atoms with Gasteiger partial charge in [0.25, 0.3) is 0 Å². The normalized spacial score (nSPS) is 23.8. The molecule has 8 nitrogen and oxygen atoms in total. The second-order valence-corrected chi connectivity index (χ2v) is 8.07. The number of carbonyl (C=O) groups excluding carboxylic acids is 2. The number of hydrogen-bond acceptors (Lipinski definition) is 5. The number of amides is 2. The number of nitrogens with one attached hydrogen (secondary N) is 2. The molecule has 3 atom stereocenters. The summed E-state index contributed by atoms with van der Waals surface area (Å²) in [6.07, 6.45) is 2.19. The Kier molecular flexibility index (Phi) is 7.54. The first-order valence-corrected chi connectivity index (χ1v) is 9.35. The van der Waals surface area contributed by atoms with E-state index in [1.807, 2.05) is 20.8 Å². The predicted molar refractivity (Wildman–Crippen MR) is 89.3 cm³/mol. The highest BCUT2D eigenvalue weighted by Gasteiger charge is 2.57. The first kappa shape index (κ1) is 20.0. The molecular formula is C14H29N5O3P+. The molecule has 1 rings (SSSR count). The number of carbonyl (C=O) groups is 2. The molecule has 0 aliphatic carbocycles. The van der Waals surface area contributed by atoms with Crippen molar-refractivity contribution in [1.29, 1.82) is 0 Å². The Morgan fingerprint density at radius 3 is 2.70 bits per heavy atom. The monoisotopic (exact) mass is 346 g/mol. The second-order valence-electron chi connectivity index (χ2n) is 6.42. The van der Waals surface area contributed by atoms with Crippen molar-refractivity contribution in [1.82, 2.24) is 15.4 Å². The van der Waals surface area contributed by atoms with E-state index in [4.69, 9.17) is 11.6 Å². The van der Waals surface area contributed by atoms with Crippen LogP contribution in [-0.4, -0.2) is 41.2 Å². The zero-order valence-electron chi connectivity index (χ0n) is 14.2. The molecule has 9 heteroatoms. The zero-order chi connectivity index (χ0) is 17.6. The van der Waals surface area contributed by atoms with E-state index < -0.39 is 25.2 Å². The van der Waals surface area contributed by atoms with Crippen LogP contribution < -0.4 is 22.0 Å². The lowest BCUT2D eigenvalue weighted by atomic mass is 10.0. The first-order chi connectivity index (χ1) is 10.7. The fourth-order valence-corrected chi connectivity index (χ4v) is 3.88. The van der Waals surface area contributed by atoms with Gasteiger partial charge in [-0.05, 0) is 29.7 Å². The minimum Gasteiger partial charge on any atom is -0.355 e. The van der Waals surface area contributed by atoms with Gasteiger partial charge in [0.15, 0.2) is 0 Å².